The lowest BCUT2D eigenvalue weighted by atomic mass is 10.00. The number of H-pyrrole nitrogens is 1. The van der Waals surface area contributed by atoms with Crippen molar-refractivity contribution < 1.29 is 14.6 Å². The zero-order valence-corrected chi connectivity index (χ0v) is 22.3. The number of ether oxygens (including phenoxy) is 1. The molecule has 0 radical (unpaired) electrons. The topological polar surface area (TPSA) is 121 Å². The van der Waals surface area contributed by atoms with Crippen LogP contribution in [0.4, 0.5) is 5.82 Å². The van der Waals surface area contributed by atoms with Gasteiger partial charge >= 0.3 is 0 Å². The highest BCUT2D eigenvalue weighted by molar-refractivity contribution is 6.34. The fraction of sp³-hybridized carbons (Fsp3) is 0.286. The van der Waals surface area contributed by atoms with E-state index >= 15 is 0 Å². The lowest BCUT2D eigenvalue weighted by molar-refractivity contribution is 0.0797. The van der Waals surface area contributed by atoms with Gasteiger partial charge in [-0.3, -0.25) is 9.89 Å². The molecule has 10 nitrogen and oxygen atoms in total. The van der Waals surface area contributed by atoms with Crippen molar-refractivity contribution in [2.24, 2.45) is 0 Å². The van der Waals surface area contributed by atoms with Crippen molar-refractivity contribution in [1.82, 2.24) is 30.1 Å². The Labute approximate surface area is 229 Å². The van der Waals surface area contributed by atoms with Crippen molar-refractivity contribution in [3.8, 4) is 16.9 Å². The molecule has 11 heteroatoms. The van der Waals surface area contributed by atoms with Crippen LogP contribution in [0.1, 0.15) is 29.3 Å². The smallest absolute Gasteiger partial charge is 0.253 e. The maximum atomic E-state index is 12.9. The molecule has 1 aliphatic heterocycles. The number of hydrogen-bond donors (Lipinski definition) is 3. The van der Waals surface area contributed by atoms with Gasteiger partial charge in [0, 0.05) is 30.4 Å². The molecular weight excluding hydrogens is 518 g/mol. The number of halogens is 1. The highest BCUT2D eigenvalue weighted by Crippen LogP contribution is 2.33. The van der Waals surface area contributed by atoms with Gasteiger partial charge in [-0.15, -0.1) is 5.10 Å². The second-order valence-corrected chi connectivity index (χ2v) is 10.1. The number of nitrogens with zero attached hydrogens (tertiary/aromatic N) is 5. The Balaban J connectivity index is 1.20. The van der Waals surface area contributed by atoms with E-state index in [9.17, 15) is 9.90 Å². The quantitative estimate of drug-likeness (QED) is 0.295. The Morgan fingerprint density at radius 1 is 1.28 bits per heavy atom. The van der Waals surface area contributed by atoms with E-state index in [-0.39, 0.29) is 11.9 Å². The van der Waals surface area contributed by atoms with Gasteiger partial charge in [0.25, 0.3) is 5.91 Å². The SMILES string of the molecule is CCOc1cc(-c2ccc(N3CC[C@H](NC(=O)c4c(C)cccc4Cl)[C@H](O)C3)nc2)c2c3cn[nH]c3nn2c1. The first-order valence-corrected chi connectivity index (χ1v) is 13.2. The lowest BCUT2D eigenvalue weighted by Crippen LogP contribution is -2.54. The number of carbonyl (C=O) groups excluding carboxylic acids is 1. The largest absolute Gasteiger partial charge is 0.492 e. The van der Waals surface area contributed by atoms with Crippen LogP contribution in [0.15, 0.2) is 55.0 Å². The Morgan fingerprint density at radius 2 is 2.15 bits per heavy atom. The first-order chi connectivity index (χ1) is 18.9. The van der Waals surface area contributed by atoms with Crippen molar-refractivity contribution in [1.29, 1.82) is 0 Å². The zero-order chi connectivity index (χ0) is 27.1. The summed E-state index contributed by atoms with van der Waals surface area (Å²) in [4.78, 5) is 19.6. The summed E-state index contributed by atoms with van der Waals surface area (Å²) in [6.45, 7) is 5.31. The first kappa shape index (κ1) is 25.1. The number of aromatic nitrogens is 5. The van der Waals surface area contributed by atoms with Crippen LogP contribution in [0.3, 0.4) is 0 Å². The van der Waals surface area contributed by atoms with E-state index < -0.39 is 6.10 Å². The maximum Gasteiger partial charge on any atom is 0.253 e. The predicted octanol–water partition coefficient (Wildman–Crippen LogP) is 4.00. The van der Waals surface area contributed by atoms with Gasteiger partial charge < -0.3 is 20.1 Å². The molecule has 1 aromatic carbocycles. The third kappa shape index (κ3) is 4.66. The van der Waals surface area contributed by atoms with E-state index in [1.807, 2.05) is 61.5 Å². The summed E-state index contributed by atoms with van der Waals surface area (Å²) in [5, 5.41) is 26.8. The summed E-state index contributed by atoms with van der Waals surface area (Å²) in [5.41, 5.74) is 4.69. The van der Waals surface area contributed by atoms with E-state index in [0.717, 1.165) is 33.4 Å². The Morgan fingerprint density at radius 3 is 2.90 bits per heavy atom. The van der Waals surface area contributed by atoms with Gasteiger partial charge in [-0.05, 0) is 50.1 Å². The molecule has 0 bridgehead atoms. The van der Waals surface area contributed by atoms with Gasteiger partial charge in [-0.1, -0.05) is 23.7 Å². The van der Waals surface area contributed by atoms with Gasteiger partial charge in [-0.25, -0.2) is 9.50 Å². The molecule has 0 spiro atoms. The lowest BCUT2D eigenvalue weighted by Gasteiger charge is -2.37. The van der Waals surface area contributed by atoms with Crippen LogP contribution in [0.2, 0.25) is 5.02 Å². The summed E-state index contributed by atoms with van der Waals surface area (Å²) >= 11 is 6.26. The van der Waals surface area contributed by atoms with E-state index in [1.54, 1.807) is 16.8 Å². The summed E-state index contributed by atoms with van der Waals surface area (Å²) in [5.74, 6) is 1.19. The van der Waals surface area contributed by atoms with Crippen molar-refractivity contribution >= 4 is 39.9 Å². The number of aryl methyl sites for hydroxylation is 1. The third-order valence-corrected chi connectivity index (χ3v) is 7.46. The highest BCUT2D eigenvalue weighted by atomic mass is 35.5. The maximum absolute atomic E-state index is 12.9. The molecule has 200 valence electrons. The number of amides is 1. The molecule has 2 atom stereocenters. The van der Waals surface area contributed by atoms with Crippen molar-refractivity contribution in [2.45, 2.75) is 32.4 Å². The molecule has 1 fully saturated rings. The monoisotopic (exact) mass is 545 g/mol. The number of benzene rings is 1. The molecule has 3 N–H and O–H groups in total. The number of nitrogens with one attached hydrogen (secondary N) is 2. The van der Waals surface area contributed by atoms with Crippen molar-refractivity contribution in [2.75, 3.05) is 24.6 Å². The van der Waals surface area contributed by atoms with Crippen LogP contribution in [0.5, 0.6) is 5.75 Å². The van der Waals surface area contributed by atoms with Crippen LogP contribution >= 0.6 is 11.6 Å². The van der Waals surface area contributed by atoms with Crippen LogP contribution in [0.25, 0.3) is 27.7 Å². The van der Waals surface area contributed by atoms with Crippen molar-refractivity contribution in [3.05, 3.63) is 71.1 Å². The average Bonchev–Trinajstić information content (AvgIpc) is 3.51. The molecule has 39 heavy (non-hydrogen) atoms. The van der Waals surface area contributed by atoms with E-state index in [4.69, 9.17) is 21.3 Å². The number of aromatic amines is 1. The molecule has 5 heterocycles. The molecule has 5 aromatic rings. The Bertz CT molecular complexity index is 1640. The number of aliphatic hydroxyl groups excluding tert-OH is 1. The standard InChI is InChI=1S/C28H28ClN7O3/c1-3-39-18-11-19(26-20-13-31-33-27(20)34-36(26)14-18)17-7-8-24(30-12-17)35-10-9-22(23(37)15-35)32-28(38)25-16(2)5-4-6-21(25)29/h4-8,11-14,22-23,37H,3,9-10,15H2,1-2H3,(H,32,38)(H,33,34)/t22-,23+/m0/s1. The average molecular weight is 546 g/mol. The van der Waals surface area contributed by atoms with Gasteiger partial charge in [-0.2, -0.15) is 5.10 Å². The fourth-order valence-corrected chi connectivity index (χ4v) is 5.51. The van der Waals surface area contributed by atoms with Gasteiger partial charge in [0.05, 0.1) is 52.6 Å². The molecule has 6 rings (SSSR count). The van der Waals surface area contributed by atoms with Crippen LogP contribution in [-0.2, 0) is 0 Å². The summed E-state index contributed by atoms with van der Waals surface area (Å²) in [7, 11) is 0. The molecule has 1 aliphatic rings. The minimum atomic E-state index is -0.754. The number of aliphatic hydroxyl groups is 1. The second-order valence-electron chi connectivity index (χ2n) is 9.67. The number of piperidine rings is 1. The van der Waals surface area contributed by atoms with Crippen LogP contribution in [0, 0.1) is 6.92 Å². The molecule has 0 aliphatic carbocycles. The van der Waals surface area contributed by atoms with Gasteiger partial charge in [0.1, 0.15) is 11.6 Å². The fourth-order valence-electron chi connectivity index (χ4n) is 5.21. The van der Waals surface area contributed by atoms with E-state index in [0.29, 0.717) is 48.1 Å². The third-order valence-electron chi connectivity index (χ3n) is 7.14. The number of pyridine rings is 2. The normalized spacial score (nSPS) is 17.6. The molecule has 4 aromatic heterocycles. The second kappa shape index (κ2) is 10.2. The molecule has 0 unspecified atom stereocenters. The number of carbonyl (C=O) groups is 1. The Kier molecular flexibility index (Phi) is 6.58. The molecule has 0 saturated carbocycles. The van der Waals surface area contributed by atoms with E-state index in [2.05, 4.69) is 20.6 Å². The van der Waals surface area contributed by atoms with Crippen LogP contribution < -0.4 is 15.0 Å². The zero-order valence-electron chi connectivity index (χ0n) is 21.6. The Hall–Kier alpha value is -4.15. The number of anilines is 1. The molecular formula is C28H28ClN7O3. The number of rotatable bonds is 6. The highest BCUT2D eigenvalue weighted by Gasteiger charge is 2.30. The predicted molar refractivity (Wildman–Crippen MR) is 150 cm³/mol. The number of β-amino-alcohol motifs (C(OH)–C–C–N with tert-alkyl or cyclic N) is 1. The van der Waals surface area contributed by atoms with Crippen molar-refractivity contribution in [3.63, 3.8) is 0 Å². The van der Waals surface area contributed by atoms with Gasteiger partial charge in [0.15, 0.2) is 5.65 Å². The van der Waals surface area contributed by atoms with E-state index in [1.165, 1.54) is 0 Å². The first-order valence-electron chi connectivity index (χ1n) is 12.9. The van der Waals surface area contributed by atoms with Crippen LogP contribution in [-0.4, -0.2) is 67.7 Å². The minimum Gasteiger partial charge on any atom is -0.492 e. The number of hydrogen-bond acceptors (Lipinski definition) is 7. The number of fused-ring (bicyclic) bond motifs is 3. The van der Waals surface area contributed by atoms with Gasteiger partial charge in [0.2, 0.25) is 0 Å². The molecule has 1 saturated heterocycles. The summed E-state index contributed by atoms with van der Waals surface area (Å²) in [6, 6.07) is 10.9. The molecule has 1 amide bonds. The summed E-state index contributed by atoms with van der Waals surface area (Å²) in [6.07, 6.45) is 5.26. The summed E-state index contributed by atoms with van der Waals surface area (Å²) < 4.78 is 7.58. The minimum absolute atomic E-state index is 0.273.